The van der Waals surface area contributed by atoms with Crippen LogP contribution in [-0.4, -0.2) is 31.7 Å². The number of carbonyl (C=O) groups is 1. The van der Waals surface area contributed by atoms with Gasteiger partial charge in [0.15, 0.2) is 0 Å². The van der Waals surface area contributed by atoms with E-state index < -0.39 is 0 Å². The predicted molar refractivity (Wildman–Crippen MR) is 70.8 cm³/mol. The molecule has 1 aliphatic rings. The van der Waals surface area contributed by atoms with Crippen molar-refractivity contribution in [3.05, 3.63) is 0 Å². The lowest BCUT2D eigenvalue weighted by Crippen LogP contribution is -2.29. The standard InChI is InChI=1S/C8H18N2.C5H10O2/c9-5-1-3-8-4-2-6-10-7-8;1-5(2,3)7-4-6/h8,10H,1-7,9H2;4H,1-3H3. The van der Waals surface area contributed by atoms with Gasteiger partial charge >= 0.3 is 0 Å². The largest absolute Gasteiger partial charge is 0.462 e. The highest BCUT2D eigenvalue weighted by Gasteiger charge is 2.11. The Morgan fingerprint density at radius 1 is 1.47 bits per heavy atom. The number of nitrogens with two attached hydrogens (primary N) is 1. The smallest absolute Gasteiger partial charge is 0.293 e. The zero-order valence-electron chi connectivity index (χ0n) is 11.5. The summed E-state index contributed by atoms with van der Waals surface area (Å²) >= 11 is 0. The van der Waals surface area contributed by atoms with Crippen LogP contribution in [0.25, 0.3) is 0 Å². The maximum absolute atomic E-state index is 9.60. The normalized spacial score (nSPS) is 20.1. The number of hydrogen-bond acceptors (Lipinski definition) is 4. The Morgan fingerprint density at radius 3 is 2.53 bits per heavy atom. The number of carbonyl (C=O) groups excluding carboxylic acids is 1. The number of rotatable bonds is 4. The summed E-state index contributed by atoms with van der Waals surface area (Å²) in [7, 11) is 0. The molecule has 1 saturated heterocycles. The molecule has 0 radical (unpaired) electrons. The van der Waals surface area contributed by atoms with E-state index in [1.54, 1.807) is 0 Å². The van der Waals surface area contributed by atoms with Crippen molar-refractivity contribution in [3.63, 3.8) is 0 Å². The average Bonchev–Trinajstić information content (AvgIpc) is 2.27. The van der Waals surface area contributed by atoms with Crippen molar-refractivity contribution >= 4 is 6.47 Å². The molecule has 0 bridgehead atoms. The summed E-state index contributed by atoms with van der Waals surface area (Å²) < 4.78 is 4.55. The van der Waals surface area contributed by atoms with Crippen molar-refractivity contribution in [1.82, 2.24) is 5.32 Å². The van der Waals surface area contributed by atoms with Crippen LogP contribution in [0.1, 0.15) is 46.5 Å². The highest BCUT2D eigenvalue weighted by atomic mass is 16.5. The van der Waals surface area contributed by atoms with Crippen molar-refractivity contribution in [3.8, 4) is 0 Å². The molecule has 0 aliphatic carbocycles. The third kappa shape index (κ3) is 11.6. The van der Waals surface area contributed by atoms with Gasteiger partial charge in [0.1, 0.15) is 5.60 Å². The van der Waals surface area contributed by atoms with Gasteiger partial charge in [-0.2, -0.15) is 0 Å². The lowest BCUT2D eigenvalue weighted by Gasteiger charge is -2.22. The fourth-order valence-corrected chi connectivity index (χ4v) is 1.72. The SMILES string of the molecule is CC(C)(C)OC=O.NCCCC1CCCNC1. The maximum atomic E-state index is 9.60. The van der Waals surface area contributed by atoms with E-state index in [4.69, 9.17) is 5.73 Å². The lowest BCUT2D eigenvalue weighted by atomic mass is 9.95. The molecule has 0 aromatic heterocycles. The molecule has 4 heteroatoms. The number of ether oxygens (including phenoxy) is 1. The molecule has 1 fully saturated rings. The molecule has 1 aliphatic heterocycles. The van der Waals surface area contributed by atoms with Crippen LogP contribution in [0.2, 0.25) is 0 Å². The number of piperidine rings is 1. The molecular weight excluding hydrogens is 216 g/mol. The molecule has 1 atom stereocenters. The number of nitrogens with one attached hydrogen (secondary N) is 1. The molecule has 102 valence electrons. The van der Waals surface area contributed by atoms with E-state index in [1.165, 1.54) is 38.8 Å². The summed E-state index contributed by atoms with van der Waals surface area (Å²) in [4.78, 5) is 9.60. The second-order valence-corrected chi connectivity index (χ2v) is 5.47. The molecule has 1 unspecified atom stereocenters. The monoisotopic (exact) mass is 244 g/mol. The summed E-state index contributed by atoms with van der Waals surface area (Å²) in [6.45, 7) is 9.22. The van der Waals surface area contributed by atoms with Gasteiger partial charge < -0.3 is 15.8 Å². The quantitative estimate of drug-likeness (QED) is 0.739. The van der Waals surface area contributed by atoms with Crippen LogP contribution < -0.4 is 11.1 Å². The minimum absolute atomic E-state index is 0.318. The third-order valence-electron chi connectivity index (χ3n) is 2.62. The fourth-order valence-electron chi connectivity index (χ4n) is 1.72. The summed E-state index contributed by atoms with van der Waals surface area (Å²) in [5.74, 6) is 0.914. The van der Waals surface area contributed by atoms with E-state index in [-0.39, 0.29) is 5.60 Å². The molecule has 3 N–H and O–H groups in total. The third-order valence-corrected chi connectivity index (χ3v) is 2.62. The fraction of sp³-hybridized carbons (Fsp3) is 0.923. The van der Waals surface area contributed by atoms with Gasteiger partial charge in [0.2, 0.25) is 0 Å². The minimum atomic E-state index is -0.318. The Balaban J connectivity index is 0.000000325. The zero-order chi connectivity index (χ0) is 13.1. The summed E-state index contributed by atoms with van der Waals surface area (Å²) in [5.41, 5.74) is 5.11. The van der Waals surface area contributed by atoms with Crippen molar-refractivity contribution in [2.45, 2.75) is 52.1 Å². The van der Waals surface area contributed by atoms with E-state index >= 15 is 0 Å². The highest BCUT2D eigenvalue weighted by molar-refractivity contribution is 5.37. The molecule has 0 aromatic rings. The molecule has 17 heavy (non-hydrogen) atoms. The molecule has 0 amide bonds. The van der Waals surface area contributed by atoms with Gasteiger partial charge in [-0.15, -0.1) is 0 Å². The topological polar surface area (TPSA) is 64.3 Å². The van der Waals surface area contributed by atoms with Gasteiger partial charge in [0.25, 0.3) is 6.47 Å². The predicted octanol–water partition coefficient (Wildman–Crippen LogP) is 1.68. The summed E-state index contributed by atoms with van der Waals surface area (Å²) in [6, 6.07) is 0. The van der Waals surface area contributed by atoms with Crippen LogP contribution in [0, 0.1) is 5.92 Å². The molecule has 0 aromatic carbocycles. The van der Waals surface area contributed by atoms with E-state index in [0.29, 0.717) is 6.47 Å². The van der Waals surface area contributed by atoms with Crippen LogP contribution in [0.15, 0.2) is 0 Å². The Kier molecular flexibility index (Phi) is 9.09. The molecule has 0 saturated carbocycles. The van der Waals surface area contributed by atoms with Crippen molar-refractivity contribution in [1.29, 1.82) is 0 Å². The summed E-state index contributed by atoms with van der Waals surface area (Å²) in [5, 5.41) is 3.40. The van der Waals surface area contributed by atoms with Gasteiger partial charge in [-0.3, -0.25) is 4.79 Å². The van der Waals surface area contributed by atoms with E-state index in [1.807, 2.05) is 20.8 Å². The first-order chi connectivity index (χ1) is 7.99. The van der Waals surface area contributed by atoms with Crippen LogP contribution in [0.4, 0.5) is 0 Å². The van der Waals surface area contributed by atoms with Crippen LogP contribution in [0.3, 0.4) is 0 Å². The Labute approximate surface area is 105 Å². The molecular formula is C13H28N2O2. The van der Waals surface area contributed by atoms with Gasteiger partial charge in [0, 0.05) is 0 Å². The van der Waals surface area contributed by atoms with Crippen molar-refractivity contribution in [2.75, 3.05) is 19.6 Å². The van der Waals surface area contributed by atoms with Gasteiger partial charge in [0.05, 0.1) is 0 Å². The number of hydrogen-bond donors (Lipinski definition) is 2. The first-order valence-electron chi connectivity index (χ1n) is 6.52. The van der Waals surface area contributed by atoms with Gasteiger partial charge in [-0.25, -0.2) is 0 Å². The molecule has 1 heterocycles. The molecule has 0 spiro atoms. The first kappa shape index (κ1) is 16.4. The van der Waals surface area contributed by atoms with E-state index in [2.05, 4.69) is 10.1 Å². The first-order valence-corrected chi connectivity index (χ1v) is 6.52. The van der Waals surface area contributed by atoms with Gasteiger partial charge in [-0.05, 0) is 72.0 Å². The van der Waals surface area contributed by atoms with Crippen LogP contribution in [0.5, 0.6) is 0 Å². The van der Waals surface area contributed by atoms with E-state index in [9.17, 15) is 4.79 Å². The Morgan fingerprint density at radius 2 is 2.18 bits per heavy atom. The second kappa shape index (κ2) is 9.42. The Bertz CT molecular complexity index is 184. The van der Waals surface area contributed by atoms with Crippen LogP contribution in [-0.2, 0) is 9.53 Å². The Hall–Kier alpha value is -0.610. The second-order valence-electron chi connectivity index (χ2n) is 5.47. The zero-order valence-corrected chi connectivity index (χ0v) is 11.5. The minimum Gasteiger partial charge on any atom is -0.462 e. The van der Waals surface area contributed by atoms with E-state index in [0.717, 1.165) is 12.5 Å². The van der Waals surface area contributed by atoms with Gasteiger partial charge in [-0.1, -0.05) is 0 Å². The van der Waals surface area contributed by atoms with Crippen molar-refractivity contribution in [2.24, 2.45) is 11.7 Å². The molecule has 4 nitrogen and oxygen atoms in total. The summed E-state index contributed by atoms with van der Waals surface area (Å²) in [6.07, 6.45) is 5.29. The van der Waals surface area contributed by atoms with Crippen molar-refractivity contribution < 1.29 is 9.53 Å². The lowest BCUT2D eigenvalue weighted by molar-refractivity contribution is -0.138. The van der Waals surface area contributed by atoms with Crippen LogP contribution >= 0.6 is 0 Å². The molecule has 1 rings (SSSR count). The highest BCUT2D eigenvalue weighted by Crippen LogP contribution is 2.14. The average molecular weight is 244 g/mol. The maximum Gasteiger partial charge on any atom is 0.293 e.